The van der Waals surface area contributed by atoms with E-state index >= 15 is 0 Å². The molecule has 130 valence electrons. The van der Waals surface area contributed by atoms with Crippen LogP contribution in [0.3, 0.4) is 0 Å². The van der Waals surface area contributed by atoms with Crippen LogP contribution in [0.1, 0.15) is 32.1 Å². The van der Waals surface area contributed by atoms with E-state index in [2.05, 4.69) is 26.3 Å². The number of nitrogens with one attached hydrogen (secondary N) is 4. The molecule has 1 aromatic carbocycles. The molecule has 1 saturated carbocycles. The van der Waals surface area contributed by atoms with Gasteiger partial charge in [0.15, 0.2) is 16.6 Å². The van der Waals surface area contributed by atoms with Crippen molar-refractivity contribution in [2.24, 2.45) is 5.92 Å². The number of aromatic amines is 3. The van der Waals surface area contributed by atoms with Gasteiger partial charge in [0.2, 0.25) is 0 Å². The van der Waals surface area contributed by atoms with Crippen LogP contribution in [0.25, 0.3) is 22.4 Å². The number of halogens is 2. The number of H-pyrrole nitrogens is 3. The minimum Gasteiger partial charge on any atom is -0.273 e. The number of fused-ring (bicyclic) bond motifs is 1. The monoisotopic (exact) mass is 376 g/mol. The minimum atomic E-state index is 0.547. The van der Waals surface area contributed by atoms with Crippen molar-refractivity contribution < 1.29 is 9.97 Å². The fourth-order valence-corrected chi connectivity index (χ4v) is 3.95. The van der Waals surface area contributed by atoms with Crippen molar-refractivity contribution in [1.82, 2.24) is 4.98 Å². The lowest BCUT2D eigenvalue weighted by molar-refractivity contribution is -0.362. The highest BCUT2D eigenvalue weighted by Crippen LogP contribution is 2.28. The van der Waals surface area contributed by atoms with Crippen LogP contribution in [0.4, 0.5) is 5.82 Å². The summed E-state index contributed by atoms with van der Waals surface area (Å²) in [6.45, 7) is 1.01. The maximum Gasteiger partial charge on any atom is 0.293 e. The van der Waals surface area contributed by atoms with Gasteiger partial charge < -0.3 is 0 Å². The molecule has 0 saturated heterocycles. The van der Waals surface area contributed by atoms with Crippen LogP contribution in [0, 0.1) is 5.92 Å². The molecule has 4 rings (SSSR count). The summed E-state index contributed by atoms with van der Waals surface area (Å²) in [4.78, 5) is 10.1. The minimum absolute atomic E-state index is 0.547. The highest BCUT2D eigenvalue weighted by atomic mass is 35.5. The molecule has 0 radical (unpaired) electrons. The van der Waals surface area contributed by atoms with Crippen LogP contribution in [0.2, 0.25) is 10.0 Å². The Kier molecular flexibility index (Phi) is 4.82. The number of rotatable bonds is 4. The van der Waals surface area contributed by atoms with Gasteiger partial charge in [0.25, 0.3) is 11.6 Å². The maximum atomic E-state index is 6.13. The third-order valence-electron chi connectivity index (χ3n) is 5.00. The number of anilines is 1. The first kappa shape index (κ1) is 16.7. The summed E-state index contributed by atoms with van der Waals surface area (Å²) in [6.07, 6.45) is 8.69. The first-order valence-corrected chi connectivity index (χ1v) is 9.61. The van der Waals surface area contributed by atoms with E-state index in [0.717, 1.165) is 40.7 Å². The van der Waals surface area contributed by atoms with Crippen molar-refractivity contribution in [3.8, 4) is 11.4 Å². The molecule has 1 aliphatic carbocycles. The second-order valence-electron chi connectivity index (χ2n) is 6.78. The van der Waals surface area contributed by atoms with Gasteiger partial charge in [-0.25, -0.2) is 15.0 Å². The maximum absolute atomic E-state index is 6.13. The molecule has 1 fully saturated rings. The summed E-state index contributed by atoms with van der Waals surface area (Å²) in [7, 11) is 0. The largest absolute Gasteiger partial charge is 0.293 e. The van der Waals surface area contributed by atoms with E-state index < -0.39 is 0 Å². The Morgan fingerprint density at radius 3 is 2.76 bits per heavy atom. The molecule has 0 bridgehead atoms. The molecular formula is C19H22Cl2N4+2. The zero-order valence-corrected chi connectivity index (χ0v) is 15.5. The van der Waals surface area contributed by atoms with Crippen LogP contribution in [-0.2, 0) is 0 Å². The Hall–Kier alpha value is -1.78. The van der Waals surface area contributed by atoms with Crippen molar-refractivity contribution in [2.75, 3.05) is 11.9 Å². The summed E-state index contributed by atoms with van der Waals surface area (Å²) < 4.78 is 0. The molecule has 2 aromatic heterocycles. The smallest absolute Gasteiger partial charge is 0.273 e. The quantitative estimate of drug-likeness (QED) is 0.677. The number of imidazole rings is 1. The van der Waals surface area contributed by atoms with Crippen LogP contribution >= 0.6 is 23.2 Å². The van der Waals surface area contributed by atoms with Crippen LogP contribution in [0.15, 0.2) is 30.5 Å². The van der Waals surface area contributed by atoms with E-state index in [1.54, 1.807) is 0 Å². The Labute approximate surface area is 157 Å². The van der Waals surface area contributed by atoms with Gasteiger partial charge in [-0.15, -0.1) is 0 Å². The molecule has 25 heavy (non-hydrogen) atoms. The molecule has 2 heterocycles. The second kappa shape index (κ2) is 7.22. The molecule has 3 aromatic rings. The first-order valence-electron chi connectivity index (χ1n) is 8.85. The van der Waals surface area contributed by atoms with Gasteiger partial charge >= 0.3 is 0 Å². The third kappa shape index (κ3) is 3.60. The zero-order valence-electron chi connectivity index (χ0n) is 14.0. The summed E-state index contributed by atoms with van der Waals surface area (Å²) in [5.41, 5.74) is 2.94. The highest BCUT2D eigenvalue weighted by Gasteiger charge is 2.22. The summed E-state index contributed by atoms with van der Waals surface area (Å²) in [5, 5.41) is 4.70. The van der Waals surface area contributed by atoms with E-state index in [4.69, 9.17) is 23.2 Å². The molecule has 0 atom stereocenters. The predicted octanol–water partition coefficient (Wildman–Crippen LogP) is 4.76. The van der Waals surface area contributed by atoms with E-state index in [0.29, 0.717) is 10.0 Å². The second-order valence-corrected chi connectivity index (χ2v) is 7.60. The predicted molar refractivity (Wildman–Crippen MR) is 102 cm³/mol. The van der Waals surface area contributed by atoms with Gasteiger partial charge in [0.05, 0.1) is 22.8 Å². The van der Waals surface area contributed by atoms with Gasteiger partial charge in [0, 0.05) is 12.1 Å². The SMILES string of the molecule is Clc1cc2[nH]c(-c3ccc[nH+]c3NCC3CCCCC3)[nH+]c2cc1Cl. The van der Waals surface area contributed by atoms with Crippen LogP contribution < -0.4 is 15.3 Å². The number of hydrogen-bond donors (Lipinski definition) is 2. The molecular weight excluding hydrogens is 355 g/mol. The molecule has 0 unspecified atom stereocenters. The van der Waals surface area contributed by atoms with E-state index in [9.17, 15) is 0 Å². The molecule has 6 heteroatoms. The zero-order chi connectivity index (χ0) is 17.2. The summed E-state index contributed by atoms with van der Waals surface area (Å²) in [6, 6.07) is 7.78. The lowest BCUT2D eigenvalue weighted by Crippen LogP contribution is -2.22. The summed E-state index contributed by atoms with van der Waals surface area (Å²) in [5.74, 6) is 2.71. The van der Waals surface area contributed by atoms with E-state index in [1.165, 1.54) is 32.1 Å². The van der Waals surface area contributed by atoms with Crippen molar-refractivity contribution in [3.63, 3.8) is 0 Å². The van der Waals surface area contributed by atoms with Crippen molar-refractivity contribution in [1.29, 1.82) is 0 Å². The first-order chi connectivity index (χ1) is 12.2. The molecule has 0 spiro atoms. The van der Waals surface area contributed by atoms with Crippen LogP contribution in [-0.4, -0.2) is 11.5 Å². The van der Waals surface area contributed by atoms with Crippen molar-refractivity contribution >= 4 is 40.1 Å². The topological polar surface area (TPSA) is 56.1 Å². The van der Waals surface area contributed by atoms with E-state index in [-0.39, 0.29) is 0 Å². The molecule has 4 N–H and O–H groups in total. The fraction of sp³-hybridized carbons (Fsp3) is 0.368. The lowest BCUT2D eigenvalue weighted by Gasteiger charge is -2.19. The number of hydrogen-bond acceptors (Lipinski definition) is 1. The fourth-order valence-electron chi connectivity index (χ4n) is 3.62. The average molecular weight is 377 g/mol. The van der Waals surface area contributed by atoms with E-state index in [1.807, 2.05) is 24.4 Å². The summed E-state index contributed by atoms with van der Waals surface area (Å²) >= 11 is 12.3. The molecule has 1 aliphatic rings. The van der Waals surface area contributed by atoms with Gasteiger partial charge in [-0.05, 0) is 30.9 Å². The van der Waals surface area contributed by atoms with Crippen molar-refractivity contribution in [2.45, 2.75) is 32.1 Å². The Balaban J connectivity index is 1.61. The standard InChI is InChI=1S/C19H20Cl2N4/c20-14-9-16-17(10-15(14)21)25-19(24-16)13-7-4-8-22-18(13)23-11-12-5-2-1-3-6-12/h4,7-10,12H,1-3,5-6,11H2,(H,22,23)(H,24,25)/p+2. The highest BCUT2D eigenvalue weighted by molar-refractivity contribution is 6.42. The molecule has 0 aliphatic heterocycles. The van der Waals surface area contributed by atoms with Gasteiger partial charge in [-0.1, -0.05) is 42.5 Å². The Morgan fingerprint density at radius 2 is 1.92 bits per heavy atom. The van der Waals surface area contributed by atoms with Crippen LogP contribution in [0.5, 0.6) is 0 Å². The van der Waals surface area contributed by atoms with Gasteiger partial charge in [-0.3, -0.25) is 5.32 Å². The lowest BCUT2D eigenvalue weighted by atomic mass is 9.89. The number of aromatic nitrogens is 3. The third-order valence-corrected chi connectivity index (χ3v) is 5.72. The average Bonchev–Trinajstić information content (AvgIpc) is 3.04. The number of pyridine rings is 1. The van der Waals surface area contributed by atoms with Gasteiger partial charge in [0.1, 0.15) is 0 Å². The Bertz CT molecular complexity index is 845. The normalized spacial score (nSPS) is 15.6. The van der Waals surface area contributed by atoms with Gasteiger partial charge in [-0.2, -0.15) is 0 Å². The molecule has 4 nitrogen and oxygen atoms in total. The molecule has 0 amide bonds. The number of benzene rings is 1. The Morgan fingerprint density at radius 1 is 1.12 bits per heavy atom. The van der Waals surface area contributed by atoms with Crippen molar-refractivity contribution in [3.05, 3.63) is 40.5 Å².